The number of hydrogen-bond donors (Lipinski definition) is 2. The van der Waals surface area contributed by atoms with Gasteiger partial charge in [0.15, 0.2) is 17.3 Å². The second-order valence-electron chi connectivity index (χ2n) is 7.70. The number of anilines is 1. The topological polar surface area (TPSA) is 119 Å². The van der Waals surface area contributed by atoms with Crippen molar-refractivity contribution in [2.45, 2.75) is 31.1 Å². The fraction of sp³-hybridized carbons (Fsp3) is 0.217. The molecule has 10 heteroatoms. The molecule has 5 rings (SSSR count). The van der Waals surface area contributed by atoms with E-state index in [1.807, 2.05) is 0 Å². The first-order chi connectivity index (χ1) is 15.9. The lowest BCUT2D eigenvalue weighted by Crippen LogP contribution is -2.22. The molecule has 0 bridgehead atoms. The number of aryl methyl sites for hydroxylation is 1. The number of furan rings is 1. The maximum atomic E-state index is 12.9. The van der Waals surface area contributed by atoms with Gasteiger partial charge in [0.25, 0.3) is 15.9 Å². The van der Waals surface area contributed by atoms with E-state index < -0.39 is 15.9 Å². The molecule has 0 atom stereocenters. The van der Waals surface area contributed by atoms with E-state index in [2.05, 4.69) is 15.2 Å². The number of carbonyl (C=O) groups excluding carboxylic acids is 1. The van der Waals surface area contributed by atoms with Crippen LogP contribution in [-0.4, -0.2) is 26.8 Å². The molecule has 1 aliphatic heterocycles. The third kappa shape index (κ3) is 4.05. The molecule has 0 spiro atoms. The van der Waals surface area contributed by atoms with Gasteiger partial charge < -0.3 is 19.2 Å². The summed E-state index contributed by atoms with van der Waals surface area (Å²) in [6, 6.07) is 13.1. The Bertz CT molecular complexity index is 1360. The fourth-order valence-electron chi connectivity index (χ4n) is 3.93. The Labute approximate surface area is 190 Å². The highest BCUT2D eigenvalue weighted by Crippen LogP contribution is 2.35. The van der Waals surface area contributed by atoms with Crippen molar-refractivity contribution < 1.29 is 27.1 Å². The van der Waals surface area contributed by atoms with Gasteiger partial charge in [-0.15, -0.1) is 0 Å². The van der Waals surface area contributed by atoms with Crippen LogP contribution in [0.3, 0.4) is 0 Å². The number of fused-ring (bicyclic) bond motifs is 2. The highest BCUT2D eigenvalue weighted by Gasteiger charge is 2.28. The summed E-state index contributed by atoms with van der Waals surface area (Å²) >= 11 is 0. The van der Waals surface area contributed by atoms with Crippen LogP contribution in [-0.2, 0) is 16.4 Å². The zero-order chi connectivity index (χ0) is 23.0. The van der Waals surface area contributed by atoms with Crippen molar-refractivity contribution in [3.05, 3.63) is 71.2 Å². The van der Waals surface area contributed by atoms with Crippen LogP contribution in [0.4, 0.5) is 5.69 Å². The van der Waals surface area contributed by atoms with Gasteiger partial charge in [-0.2, -0.15) is 18.4 Å². The van der Waals surface area contributed by atoms with E-state index >= 15 is 0 Å². The zero-order valence-electron chi connectivity index (χ0n) is 17.8. The number of carbonyl (C=O) groups is 1. The summed E-state index contributed by atoms with van der Waals surface area (Å²) in [4.78, 5) is 15.4. The molecule has 0 radical (unpaired) electrons. The molecular weight excluding hydrogens is 446 g/mol. The van der Waals surface area contributed by atoms with Crippen LogP contribution < -0.4 is 19.6 Å². The first kappa shape index (κ1) is 21.1. The number of benzene rings is 2. The van der Waals surface area contributed by atoms with Crippen LogP contribution in [0, 0.1) is 6.92 Å². The molecule has 0 saturated heterocycles. The molecule has 1 aromatic heterocycles. The van der Waals surface area contributed by atoms with Crippen LogP contribution in [0.5, 0.6) is 11.5 Å². The van der Waals surface area contributed by atoms with Crippen molar-refractivity contribution in [3.63, 3.8) is 0 Å². The molecule has 170 valence electrons. The van der Waals surface area contributed by atoms with Gasteiger partial charge in [0, 0.05) is 29.3 Å². The van der Waals surface area contributed by atoms with Crippen molar-refractivity contribution >= 4 is 27.3 Å². The van der Waals surface area contributed by atoms with Crippen molar-refractivity contribution in [3.8, 4) is 11.5 Å². The Balaban J connectivity index is 1.40. The summed E-state index contributed by atoms with van der Waals surface area (Å²) in [6.45, 7) is 1.91. The molecule has 0 unspecified atom stereocenters. The standard InChI is InChI=1S/C23H21N3O6S/c1-14-21-17(25-26-33(28,29)16-6-3-2-4-7-16)8-5-9-19(21)32-22(14)23(27)24-15-10-11-18-20(12-15)31-13-30-18/h2-4,6-7,10-12,26H,5,8-9,13H2,1H3,(H,24,27)/b25-17+. The largest absolute Gasteiger partial charge is 0.455 e. The minimum atomic E-state index is -3.80. The Hall–Kier alpha value is -3.79. The van der Waals surface area contributed by atoms with Gasteiger partial charge in [0.1, 0.15) is 5.76 Å². The molecule has 0 saturated carbocycles. The SMILES string of the molecule is Cc1c(C(=O)Nc2ccc3c(c2)OCO3)oc2c1/C(=N/NS(=O)(=O)c1ccccc1)CCC2. The minimum absolute atomic E-state index is 0.123. The average Bonchev–Trinajstić information content (AvgIpc) is 3.42. The van der Waals surface area contributed by atoms with Crippen LogP contribution in [0.1, 0.15) is 40.3 Å². The van der Waals surface area contributed by atoms with Gasteiger partial charge >= 0.3 is 0 Å². The summed E-state index contributed by atoms with van der Waals surface area (Å²) < 4.78 is 41.6. The van der Waals surface area contributed by atoms with E-state index in [0.717, 1.165) is 6.42 Å². The highest BCUT2D eigenvalue weighted by molar-refractivity contribution is 7.89. The minimum Gasteiger partial charge on any atom is -0.455 e. The summed E-state index contributed by atoms with van der Waals surface area (Å²) in [5, 5.41) is 7.00. The molecule has 2 aliphatic rings. The Morgan fingerprint density at radius 3 is 2.64 bits per heavy atom. The lowest BCUT2D eigenvalue weighted by molar-refractivity contribution is 0.0994. The quantitative estimate of drug-likeness (QED) is 0.554. The number of sulfonamides is 1. The van der Waals surface area contributed by atoms with E-state index in [-0.39, 0.29) is 17.4 Å². The first-order valence-corrected chi connectivity index (χ1v) is 11.9. The monoisotopic (exact) mass is 467 g/mol. The van der Waals surface area contributed by atoms with Crippen molar-refractivity contribution in [1.82, 2.24) is 4.83 Å². The third-order valence-electron chi connectivity index (χ3n) is 5.52. The van der Waals surface area contributed by atoms with Crippen molar-refractivity contribution in [2.75, 3.05) is 12.1 Å². The number of ether oxygens (including phenoxy) is 2. The van der Waals surface area contributed by atoms with E-state index in [4.69, 9.17) is 13.9 Å². The summed E-state index contributed by atoms with van der Waals surface area (Å²) in [6.07, 6.45) is 1.93. The molecule has 1 aliphatic carbocycles. The predicted molar refractivity (Wildman–Crippen MR) is 120 cm³/mol. The molecule has 33 heavy (non-hydrogen) atoms. The van der Waals surface area contributed by atoms with Crippen LogP contribution >= 0.6 is 0 Å². The fourth-order valence-corrected chi connectivity index (χ4v) is 4.78. The molecular formula is C23H21N3O6S. The number of amides is 1. The number of hydrogen-bond acceptors (Lipinski definition) is 7. The van der Waals surface area contributed by atoms with Crippen molar-refractivity contribution in [2.24, 2.45) is 5.10 Å². The molecule has 9 nitrogen and oxygen atoms in total. The molecule has 2 aromatic carbocycles. The Morgan fingerprint density at radius 1 is 1.03 bits per heavy atom. The van der Waals surface area contributed by atoms with E-state index in [0.29, 0.717) is 52.6 Å². The molecule has 2 heterocycles. The van der Waals surface area contributed by atoms with Crippen LogP contribution in [0.2, 0.25) is 0 Å². The van der Waals surface area contributed by atoms with Gasteiger partial charge in [0.2, 0.25) is 6.79 Å². The predicted octanol–water partition coefficient (Wildman–Crippen LogP) is 3.59. The van der Waals surface area contributed by atoms with Crippen molar-refractivity contribution in [1.29, 1.82) is 0 Å². The van der Waals surface area contributed by atoms with E-state index in [1.54, 1.807) is 43.3 Å². The molecule has 2 N–H and O–H groups in total. The summed E-state index contributed by atoms with van der Waals surface area (Å²) in [7, 11) is -3.80. The number of nitrogens with zero attached hydrogens (tertiary/aromatic N) is 1. The second kappa shape index (κ2) is 8.28. The van der Waals surface area contributed by atoms with Crippen LogP contribution in [0.25, 0.3) is 0 Å². The van der Waals surface area contributed by atoms with Gasteiger partial charge in [-0.05, 0) is 44.0 Å². The van der Waals surface area contributed by atoms with Gasteiger partial charge in [-0.25, -0.2) is 0 Å². The molecule has 1 amide bonds. The van der Waals surface area contributed by atoms with Gasteiger partial charge in [-0.3, -0.25) is 4.79 Å². The smallest absolute Gasteiger partial charge is 0.291 e. The maximum absolute atomic E-state index is 12.9. The highest BCUT2D eigenvalue weighted by atomic mass is 32.2. The molecule has 3 aromatic rings. The average molecular weight is 468 g/mol. The Kier molecular flexibility index (Phi) is 5.29. The summed E-state index contributed by atoms with van der Waals surface area (Å²) in [5.74, 6) is 1.55. The second-order valence-corrected chi connectivity index (χ2v) is 9.36. The lowest BCUT2D eigenvalue weighted by atomic mass is 9.93. The van der Waals surface area contributed by atoms with E-state index in [9.17, 15) is 13.2 Å². The van der Waals surface area contributed by atoms with Gasteiger partial charge in [-0.1, -0.05) is 18.2 Å². The van der Waals surface area contributed by atoms with Crippen LogP contribution in [0.15, 0.2) is 62.9 Å². The number of hydrazone groups is 1. The number of rotatable bonds is 5. The first-order valence-electron chi connectivity index (χ1n) is 10.4. The van der Waals surface area contributed by atoms with Gasteiger partial charge in [0.05, 0.1) is 10.6 Å². The van der Waals surface area contributed by atoms with E-state index in [1.165, 1.54) is 12.1 Å². The molecule has 0 fully saturated rings. The Morgan fingerprint density at radius 2 is 1.82 bits per heavy atom. The third-order valence-corrected chi connectivity index (χ3v) is 6.74. The summed E-state index contributed by atoms with van der Waals surface area (Å²) in [5.41, 5.74) is 2.37. The maximum Gasteiger partial charge on any atom is 0.291 e. The zero-order valence-corrected chi connectivity index (χ0v) is 18.6. The number of nitrogens with one attached hydrogen (secondary N) is 2. The lowest BCUT2D eigenvalue weighted by Gasteiger charge is -2.14. The normalized spacial score (nSPS) is 15.8.